The van der Waals surface area contributed by atoms with Gasteiger partial charge in [-0.25, -0.2) is 0 Å². The topological polar surface area (TPSA) is 80.6 Å². The quantitative estimate of drug-likeness (QED) is 0.868. The van der Waals surface area contributed by atoms with Crippen LogP contribution in [-0.4, -0.2) is 33.3 Å². The summed E-state index contributed by atoms with van der Waals surface area (Å²) >= 11 is 0. The summed E-state index contributed by atoms with van der Waals surface area (Å²) in [6, 6.07) is 4.40. The standard InChI is InChI=1S/C13H16N2O4/c1-8(7-14)15-13(16)9-5-11(18-3)12(19-4)6-10(9)17-2/h5-6,8H,1-4H3,(H,15,16). The highest BCUT2D eigenvalue weighted by molar-refractivity contribution is 5.98. The fourth-order valence-electron chi connectivity index (χ4n) is 1.51. The van der Waals surface area contributed by atoms with Crippen molar-refractivity contribution in [2.75, 3.05) is 21.3 Å². The number of benzene rings is 1. The number of methoxy groups -OCH3 is 3. The van der Waals surface area contributed by atoms with Gasteiger partial charge in [0.1, 0.15) is 11.8 Å². The highest BCUT2D eigenvalue weighted by Crippen LogP contribution is 2.34. The number of amides is 1. The van der Waals surface area contributed by atoms with Gasteiger partial charge in [-0.1, -0.05) is 0 Å². The summed E-state index contributed by atoms with van der Waals surface area (Å²) in [5.41, 5.74) is 0.280. The van der Waals surface area contributed by atoms with Crippen LogP contribution in [0.5, 0.6) is 17.2 Å². The molecule has 1 N–H and O–H groups in total. The van der Waals surface area contributed by atoms with Crippen LogP contribution in [0.25, 0.3) is 0 Å². The fourth-order valence-corrected chi connectivity index (χ4v) is 1.51. The van der Waals surface area contributed by atoms with Gasteiger partial charge in [0.15, 0.2) is 11.5 Å². The van der Waals surface area contributed by atoms with Gasteiger partial charge in [-0.15, -0.1) is 0 Å². The summed E-state index contributed by atoms with van der Waals surface area (Å²) in [7, 11) is 4.42. The summed E-state index contributed by atoms with van der Waals surface area (Å²) in [6.07, 6.45) is 0. The lowest BCUT2D eigenvalue weighted by atomic mass is 10.1. The molecule has 1 atom stereocenters. The summed E-state index contributed by atoms with van der Waals surface area (Å²) in [5.74, 6) is 0.814. The number of rotatable bonds is 5. The van der Waals surface area contributed by atoms with Gasteiger partial charge >= 0.3 is 0 Å². The number of hydrogen-bond acceptors (Lipinski definition) is 5. The molecule has 0 aliphatic rings. The van der Waals surface area contributed by atoms with Gasteiger partial charge in [-0.2, -0.15) is 5.26 Å². The van der Waals surface area contributed by atoms with Crippen molar-refractivity contribution in [2.24, 2.45) is 0 Å². The van der Waals surface area contributed by atoms with E-state index in [0.29, 0.717) is 17.2 Å². The maximum absolute atomic E-state index is 12.0. The van der Waals surface area contributed by atoms with Crippen molar-refractivity contribution in [3.8, 4) is 23.3 Å². The molecule has 0 aliphatic heterocycles. The SMILES string of the molecule is COc1cc(OC)c(C(=O)NC(C)C#N)cc1OC. The number of nitriles is 1. The van der Waals surface area contributed by atoms with Crippen LogP contribution in [-0.2, 0) is 0 Å². The Labute approximate surface area is 111 Å². The van der Waals surface area contributed by atoms with Crippen LogP contribution in [0.1, 0.15) is 17.3 Å². The second-order valence-corrected chi connectivity index (χ2v) is 3.73. The Bertz CT molecular complexity index is 508. The third-order valence-electron chi connectivity index (χ3n) is 2.49. The summed E-state index contributed by atoms with van der Waals surface area (Å²) in [6.45, 7) is 1.59. The third kappa shape index (κ3) is 3.28. The van der Waals surface area contributed by atoms with Crippen molar-refractivity contribution in [3.63, 3.8) is 0 Å². The van der Waals surface area contributed by atoms with E-state index in [1.807, 2.05) is 6.07 Å². The Morgan fingerprint density at radius 2 is 1.68 bits per heavy atom. The van der Waals surface area contributed by atoms with E-state index in [-0.39, 0.29) is 5.56 Å². The summed E-state index contributed by atoms with van der Waals surface area (Å²) in [4.78, 5) is 12.0. The van der Waals surface area contributed by atoms with E-state index in [2.05, 4.69) is 5.32 Å². The largest absolute Gasteiger partial charge is 0.496 e. The molecule has 0 saturated carbocycles. The Morgan fingerprint density at radius 3 is 2.16 bits per heavy atom. The van der Waals surface area contributed by atoms with Crippen molar-refractivity contribution in [3.05, 3.63) is 17.7 Å². The molecule has 1 amide bonds. The van der Waals surface area contributed by atoms with Crippen molar-refractivity contribution in [2.45, 2.75) is 13.0 Å². The highest BCUT2D eigenvalue weighted by Gasteiger charge is 2.18. The number of ether oxygens (including phenoxy) is 3. The van der Waals surface area contributed by atoms with E-state index < -0.39 is 11.9 Å². The molecule has 0 bridgehead atoms. The first-order valence-electron chi connectivity index (χ1n) is 5.57. The molecule has 1 rings (SSSR count). The Kier molecular flexibility index (Phi) is 5.01. The van der Waals surface area contributed by atoms with E-state index in [0.717, 1.165) is 0 Å². The molecule has 0 aromatic heterocycles. The van der Waals surface area contributed by atoms with Gasteiger partial charge in [0.2, 0.25) is 0 Å². The molecular formula is C13H16N2O4. The molecule has 1 unspecified atom stereocenters. The van der Waals surface area contributed by atoms with E-state index in [1.54, 1.807) is 13.0 Å². The average Bonchev–Trinajstić information content (AvgIpc) is 2.45. The van der Waals surface area contributed by atoms with Gasteiger partial charge in [-0.05, 0) is 6.92 Å². The van der Waals surface area contributed by atoms with E-state index >= 15 is 0 Å². The lowest BCUT2D eigenvalue weighted by Crippen LogP contribution is -2.31. The van der Waals surface area contributed by atoms with Crippen LogP contribution in [0, 0.1) is 11.3 Å². The predicted octanol–water partition coefficient (Wildman–Crippen LogP) is 1.35. The van der Waals surface area contributed by atoms with Gasteiger partial charge < -0.3 is 19.5 Å². The van der Waals surface area contributed by atoms with Crippen LogP contribution in [0.2, 0.25) is 0 Å². The summed E-state index contributed by atoms with van der Waals surface area (Å²) in [5, 5.41) is 11.2. The molecular weight excluding hydrogens is 248 g/mol. The average molecular weight is 264 g/mol. The minimum atomic E-state index is -0.592. The highest BCUT2D eigenvalue weighted by atomic mass is 16.5. The second-order valence-electron chi connectivity index (χ2n) is 3.73. The molecule has 0 saturated heterocycles. The zero-order valence-corrected chi connectivity index (χ0v) is 11.3. The van der Waals surface area contributed by atoms with Crippen LogP contribution >= 0.6 is 0 Å². The van der Waals surface area contributed by atoms with Gasteiger partial charge in [0.05, 0.1) is 33.0 Å². The molecule has 1 aromatic rings. The smallest absolute Gasteiger partial charge is 0.256 e. The number of nitrogens with zero attached hydrogens (tertiary/aromatic N) is 1. The predicted molar refractivity (Wildman–Crippen MR) is 68.6 cm³/mol. The van der Waals surface area contributed by atoms with Crippen molar-refractivity contribution in [1.82, 2.24) is 5.32 Å². The van der Waals surface area contributed by atoms with Crippen molar-refractivity contribution < 1.29 is 19.0 Å². The zero-order chi connectivity index (χ0) is 14.4. The molecule has 0 heterocycles. The molecule has 102 valence electrons. The molecule has 0 spiro atoms. The minimum absolute atomic E-state index is 0.280. The summed E-state index contributed by atoms with van der Waals surface area (Å²) < 4.78 is 15.4. The maximum Gasteiger partial charge on any atom is 0.256 e. The first-order chi connectivity index (χ1) is 9.07. The Hall–Kier alpha value is -2.42. The van der Waals surface area contributed by atoms with Crippen LogP contribution in [0.3, 0.4) is 0 Å². The van der Waals surface area contributed by atoms with Gasteiger partial charge in [0.25, 0.3) is 5.91 Å². The van der Waals surface area contributed by atoms with Crippen molar-refractivity contribution >= 4 is 5.91 Å². The maximum atomic E-state index is 12.0. The molecule has 1 aromatic carbocycles. The van der Waals surface area contributed by atoms with E-state index in [4.69, 9.17) is 19.5 Å². The van der Waals surface area contributed by atoms with Gasteiger partial charge in [-0.3, -0.25) is 4.79 Å². The van der Waals surface area contributed by atoms with E-state index in [9.17, 15) is 4.79 Å². The lowest BCUT2D eigenvalue weighted by Gasteiger charge is -2.14. The third-order valence-corrected chi connectivity index (χ3v) is 2.49. The lowest BCUT2D eigenvalue weighted by molar-refractivity contribution is 0.0944. The van der Waals surface area contributed by atoms with Crippen LogP contribution in [0.15, 0.2) is 12.1 Å². The van der Waals surface area contributed by atoms with Crippen molar-refractivity contribution in [1.29, 1.82) is 5.26 Å². The number of hydrogen-bond donors (Lipinski definition) is 1. The first kappa shape index (κ1) is 14.6. The molecule has 19 heavy (non-hydrogen) atoms. The monoisotopic (exact) mass is 264 g/mol. The molecule has 0 aliphatic carbocycles. The number of carbonyl (C=O) groups excluding carboxylic acids is 1. The Morgan fingerprint density at radius 1 is 1.16 bits per heavy atom. The van der Waals surface area contributed by atoms with Crippen LogP contribution in [0.4, 0.5) is 0 Å². The fraction of sp³-hybridized carbons (Fsp3) is 0.385. The first-order valence-corrected chi connectivity index (χ1v) is 5.57. The van der Waals surface area contributed by atoms with E-state index in [1.165, 1.54) is 27.4 Å². The van der Waals surface area contributed by atoms with Gasteiger partial charge in [0, 0.05) is 12.1 Å². The second kappa shape index (κ2) is 6.50. The Balaban J connectivity index is 3.19. The number of carbonyl (C=O) groups is 1. The number of nitrogens with one attached hydrogen (secondary N) is 1. The van der Waals surface area contributed by atoms with Crippen LogP contribution < -0.4 is 19.5 Å². The normalized spacial score (nSPS) is 11.1. The molecule has 0 radical (unpaired) electrons. The zero-order valence-electron chi connectivity index (χ0n) is 11.3. The molecule has 6 nitrogen and oxygen atoms in total. The molecule has 0 fully saturated rings. The molecule has 6 heteroatoms. The minimum Gasteiger partial charge on any atom is -0.496 e.